The zero-order chi connectivity index (χ0) is 12.4. The maximum Gasteiger partial charge on any atom is 0.223 e. The summed E-state index contributed by atoms with van der Waals surface area (Å²) in [4.78, 5) is 16.4. The number of fused-ring (bicyclic) bond motifs is 1. The normalized spacial score (nSPS) is 24.6. The minimum atomic E-state index is 0.129. The number of amides is 1. The lowest BCUT2D eigenvalue weighted by molar-refractivity contribution is -0.126. The van der Waals surface area contributed by atoms with Crippen molar-refractivity contribution in [3.8, 4) is 0 Å². The second-order valence-corrected chi connectivity index (χ2v) is 5.30. The monoisotopic (exact) mass is 248 g/mol. The third kappa shape index (κ3) is 2.41. The fourth-order valence-corrected chi connectivity index (χ4v) is 2.88. The van der Waals surface area contributed by atoms with E-state index >= 15 is 0 Å². The van der Waals surface area contributed by atoms with Crippen LogP contribution < -0.4 is 10.6 Å². The van der Waals surface area contributed by atoms with E-state index in [4.69, 9.17) is 0 Å². The number of rotatable bonds is 2. The Bertz CT molecular complexity index is 422. The molecule has 0 saturated carbocycles. The molecule has 5 nitrogen and oxygen atoms in total. The van der Waals surface area contributed by atoms with E-state index in [1.54, 1.807) is 0 Å². The zero-order valence-electron chi connectivity index (χ0n) is 10.6. The minimum Gasteiger partial charge on any atom is -0.353 e. The van der Waals surface area contributed by atoms with Crippen molar-refractivity contribution >= 4 is 5.91 Å². The predicted molar refractivity (Wildman–Crippen MR) is 68.1 cm³/mol. The fraction of sp³-hybridized carbons (Fsp3) is 0.692. The molecule has 5 heteroatoms. The molecule has 1 saturated heterocycles. The van der Waals surface area contributed by atoms with Crippen LogP contribution in [0.3, 0.4) is 0 Å². The van der Waals surface area contributed by atoms with Gasteiger partial charge >= 0.3 is 0 Å². The van der Waals surface area contributed by atoms with Gasteiger partial charge in [0, 0.05) is 36.8 Å². The topological polar surface area (TPSA) is 59.0 Å². The van der Waals surface area contributed by atoms with Crippen molar-refractivity contribution in [2.75, 3.05) is 13.1 Å². The fourth-order valence-electron chi connectivity index (χ4n) is 2.88. The van der Waals surface area contributed by atoms with E-state index in [1.807, 2.05) is 12.5 Å². The molecule has 3 rings (SSSR count). The molecule has 1 atom stereocenters. The van der Waals surface area contributed by atoms with Crippen molar-refractivity contribution in [1.82, 2.24) is 20.2 Å². The highest BCUT2D eigenvalue weighted by Crippen LogP contribution is 2.20. The molecule has 98 valence electrons. The van der Waals surface area contributed by atoms with Gasteiger partial charge in [-0.05, 0) is 32.4 Å². The Labute approximate surface area is 107 Å². The summed E-state index contributed by atoms with van der Waals surface area (Å²) in [6, 6.07) is 0.366. The number of hydrogen-bond acceptors (Lipinski definition) is 3. The van der Waals surface area contributed by atoms with Crippen molar-refractivity contribution in [3.05, 3.63) is 18.2 Å². The lowest BCUT2D eigenvalue weighted by Gasteiger charge is -2.28. The van der Waals surface area contributed by atoms with Gasteiger partial charge in [0.25, 0.3) is 0 Å². The number of carbonyl (C=O) groups is 1. The molecule has 1 aromatic heterocycles. The average Bonchev–Trinajstić information content (AvgIpc) is 2.87. The maximum atomic E-state index is 12.2. The van der Waals surface area contributed by atoms with Crippen LogP contribution in [0.5, 0.6) is 0 Å². The first-order valence-corrected chi connectivity index (χ1v) is 6.83. The molecule has 18 heavy (non-hydrogen) atoms. The van der Waals surface area contributed by atoms with E-state index in [1.165, 1.54) is 5.69 Å². The van der Waals surface area contributed by atoms with Crippen LogP contribution in [0, 0.1) is 5.92 Å². The van der Waals surface area contributed by atoms with Crippen LogP contribution in [-0.2, 0) is 17.8 Å². The van der Waals surface area contributed by atoms with Gasteiger partial charge in [-0.25, -0.2) is 4.98 Å². The summed E-state index contributed by atoms with van der Waals surface area (Å²) in [7, 11) is 0. The average molecular weight is 248 g/mol. The number of aryl methyl sites for hydroxylation is 1. The van der Waals surface area contributed by atoms with E-state index in [-0.39, 0.29) is 11.8 Å². The Morgan fingerprint density at radius 3 is 3.06 bits per heavy atom. The van der Waals surface area contributed by atoms with Crippen LogP contribution >= 0.6 is 0 Å². The second kappa shape index (κ2) is 5.10. The largest absolute Gasteiger partial charge is 0.353 e. The summed E-state index contributed by atoms with van der Waals surface area (Å²) in [5.41, 5.74) is 1.19. The Morgan fingerprint density at radius 1 is 1.39 bits per heavy atom. The first-order valence-electron chi connectivity index (χ1n) is 6.83. The second-order valence-electron chi connectivity index (χ2n) is 5.30. The zero-order valence-corrected chi connectivity index (χ0v) is 10.6. The standard InChI is InChI=1S/C13H20N4O/c18-13(16-11-1-4-14-5-2-11)10-3-6-17-9-15-8-12(17)7-10/h8-11,14H,1-7H2,(H,16,18). The van der Waals surface area contributed by atoms with E-state index < -0.39 is 0 Å². The number of aromatic nitrogens is 2. The molecule has 0 bridgehead atoms. The van der Waals surface area contributed by atoms with Crippen molar-refractivity contribution in [1.29, 1.82) is 0 Å². The summed E-state index contributed by atoms with van der Waals surface area (Å²) in [5.74, 6) is 0.360. The number of nitrogens with one attached hydrogen (secondary N) is 2. The van der Waals surface area contributed by atoms with E-state index in [2.05, 4.69) is 20.2 Å². The van der Waals surface area contributed by atoms with Crippen molar-refractivity contribution in [3.63, 3.8) is 0 Å². The van der Waals surface area contributed by atoms with Gasteiger partial charge in [0.15, 0.2) is 0 Å². The third-order valence-electron chi connectivity index (χ3n) is 4.03. The molecule has 0 spiro atoms. The van der Waals surface area contributed by atoms with E-state index in [9.17, 15) is 4.79 Å². The van der Waals surface area contributed by atoms with Gasteiger partial charge in [-0.15, -0.1) is 0 Å². The molecule has 2 N–H and O–H groups in total. The summed E-state index contributed by atoms with van der Waals surface area (Å²) >= 11 is 0. The number of piperidine rings is 1. The third-order valence-corrected chi connectivity index (χ3v) is 4.03. The van der Waals surface area contributed by atoms with Gasteiger partial charge in [0.05, 0.1) is 6.33 Å². The lowest BCUT2D eigenvalue weighted by atomic mass is 9.94. The number of imidazole rings is 1. The Balaban J connectivity index is 1.57. The van der Waals surface area contributed by atoms with E-state index in [0.29, 0.717) is 6.04 Å². The molecule has 0 radical (unpaired) electrons. The molecule has 0 aliphatic carbocycles. The Hall–Kier alpha value is -1.36. The van der Waals surface area contributed by atoms with Crippen LogP contribution in [0.15, 0.2) is 12.5 Å². The number of nitrogens with zero attached hydrogens (tertiary/aromatic N) is 2. The van der Waals surface area contributed by atoms with Crippen LogP contribution in [0.4, 0.5) is 0 Å². The van der Waals surface area contributed by atoms with Crippen LogP contribution in [0.2, 0.25) is 0 Å². The molecular formula is C13H20N4O. The van der Waals surface area contributed by atoms with Crippen LogP contribution in [-0.4, -0.2) is 34.6 Å². The summed E-state index contributed by atoms with van der Waals surface area (Å²) in [6.07, 6.45) is 7.60. The first kappa shape index (κ1) is 11.7. The van der Waals surface area contributed by atoms with Gasteiger partial charge in [-0.2, -0.15) is 0 Å². The molecule has 1 amide bonds. The highest BCUT2D eigenvalue weighted by Gasteiger charge is 2.26. The molecule has 1 fully saturated rings. The highest BCUT2D eigenvalue weighted by molar-refractivity contribution is 5.79. The molecule has 2 aliphatic heterocycles. The highest BCUT2D eigenvalue weighted by atomic mass is 16.1. The van der Waals surface area contributed by atoms with Crippen LogP contribution in [0.25, 0.3) is 0 Å². The number of hydrogen-bond donors (Lipinski definition) is 2. The first-order chi connectivity index (χ1) is 8.83. The SMILES string of the molecule is O=C(NC1CCNCC1)C1CCn2cncc2C1. The van der Waals surface area contributed by atoms with Gasteiger partial charge in [-0.3, -0.25) is 4.79 Å². The summed E-state index contributed by atoms with van der Waals surface area (Å²) < 4.78 is 2.15. The maximum absolute atomic E-state index is 12.2. The van der Waals surface area contributed by atoms with Crippen molar-refractivity contribution in [2.45, 2.75) is 38.3 Å². The van der Waals surface area contributed by atoms with Crippen molar-refractivity contribution < 1.29 is 4.79 Å². The van der Waals surface area contributed by atoms with Gasteiger partial charge in [-0.1, -0.05) is 0 Å². The number of carbonyl (C=O) groups excluding carboxylic acids is 1. The lowest BCUT2D eigenvalue weighted by Crippen LogP contribution is -2.46. The molecule has 1 aromatic rings. The summed E-state index contributed by atoms with van der Waals surface area (Å²) in [5, 5.41) is 6.52. The van der Waals surface area contributed by atoms with Crippen molar-refractivity contribution in [2.24, 2.45) is 5.92 Å². The molecule has 3 heterocycles. The Kier molecular flexibility index (Phi) is 3.32. The molecule has 2 aliphatic rings. The Morgan fingerprint density at radius 2 is 2.22 bits per heavy atom. The quantitative estimate of drug-likeness (QED) is 0.792. The summed E-state index contributed by atoms with van der Waals surface area (Å²) in [6.45, 7) is 2.95. The molecule has 1 unspecified atom stereocenters. The minimum absolute atomic E-state index is 0.129. The van der Waals surface area contributed by atoms with Gasteiger partial charge < -0.3 is 15.2 Å². The molecule has 0 aromatic carbocycles. The van der Waals surface area contributed by atoms with E-state index in [0.717, 1.165) is 45.3 Å². The predicted octanol–water partition coefficient (Wildman–Crippen LogP) is 0.314. The molecular weight excluding hydrogens is 228 g/mol. The smallest absolute Gasteiger partial charge is 0.223 e. The van der Waals surface area contributed by atoms with Crippen LogP contribution in [0.1, 0.15) is 25.0 Å². The van der Waals surface area contributed by atoms with Gasteiger partial charge in [0.2, 0.25) is 5.91 Å². The van der Waals surface area contributed by atoms with Gasteiger partial charge in [0.1, 0.15) is 0 Å².